The van der Waals surface area contributed by atoms with Crippen LogP contribution in [0.15, 0.2) is 0 Å². The van der Waals surface area contributed by atoms with Gasteiger partial charge in [-0.15, -0.1) is 0 Å². The Morgan fingerprint density at radius 1 is 1.06 bits per heavy atom. The molecule has 0 aromatic carbocycles. The molecule has 3 heteroatoms. The molecule has 0 radical (unpaired) electrons. The molecule has 1 fully saturated rings. The number of hydrogen-bond acceptors (Lipinski definition) is 2. The average molecular weight is 276 g/mol. The highest BCUT2D eigenvalue weighted by atomic mass is 28.4. The molecule has 1 aliphatic rings. The second-order valence-corrected chi connectivity index (χ2v) is 11.0. The van der Waals surface area contributed by atoms with E-state index in [1.807, 2.05) is 13.8 Å². The predicted molar refractivity (Wildman–Crippen MR) is 86.6 cm³/mol. The van der Waals surface area contributed by atoms with Gasteiger partial charge in [0.15, 0.2) is 8.32 Å². The first kappa shape index (κ1) is 20.5. The Labute approximate surface area is 117 Å². The fourth-order valence-corrected chi connectivity index (χ4v) is 2.81. The van der Waals surface area contributed by atoms with E-state index in [0.717, 1.165) is 12.5 Å². The van der Waals surface area contributed by atoms with Crippen molar-refractivity contribution in [3.8, 4) is 0 Å². The minimum atomic E-state index is -1.47. The van der Waals surface area contributed by atoms with Crippen molar-refractivity contribution >= 4 is 8.32 Å². The average Bonchev–Trinajstić information content (AvgIpc) is 2.83. The Morgan fingerprint density at radius 2 is 1.44 bits per heavy atom. The van der Waals surface area contributed by atoms with Crippen LogP contribution in [0, 0.1) is 5.92 Å². The van der Waals surface area contributed by atoms with Crippen molar-refractivity contribution < 1.29 is 4.43 Å². The van der Waals surface area contributed by atoms with Crippen molar-refractivity contribution in [1.29, 1.82) is 0 Å². The van der Waals surface area contributed by atoms with E-state index in [1.54, 1.807) is 0 Å². The largest absolute Gasteiger partial charge is 0.417 e. The van der Waals surface area contributed by atoms with Crippen LogP contribution in [0.4, 0.5) is 0 Å². The van der Waals surface area contributed by atoms with E-state index in [-0.39, 0.29) is 0 Å². The van der Waals surface area contributed by atoms with Crippen molar-refractivity contribution in [2.24, 2.45) is 11.7 Å². The quantitative estimate of drug-likeness (QED) is 0.751. The summed E-state index contributed by atoms with van der Waals surface area (Å²) < 4.78 is 6.22. The Morgan fingerprint density at radius 3 is 1.78 bits per heavy atom. The van der Waals surface area contributed by atoms with Crippen molar-refractivity contribution in [3.63, 3.8) is 0 Å². The third-order valence-corrected chi connectivity index (χ3v) is 8.46. The molecule has 0 aromatic heterocycles. The second kappa shape index (κ2) is 9.99. The summed E-state index contributed by atoms with van der Waals surface area (Å²) in [5.41, 5.74) is 4.50. The molecule has 1 aliphatic carbocycles. The first-order chi connectivity index (χ1) is 8.33. The molecular weight excluding hydrogens is 238 g/mol. The molecule has 112 valence electrons. The Balaban J connectivity index is 0. The van der Waals surface area contributed by atoms with Crippen LogP contribution in [0.25, 0.3) is 0 Å². The summed E-state index contributed by atoms with van der Waals surface area (Å²) in [4.78, 5) is 0. The maximum Gasteiger partial charge on any atom is 0.191 e. The number of rotatable bonds is 3. The lowest BCUT2D eigenvalue weighted by atomic mass is 10.1. The molecule has 0 saturated heterocycles. The molecule has 0 unspecified atom stereocenters. The molecule has 0 spiro atoms. The lowest BCUT2D eigenvalue weighted by Crippen LogP contribution is -2.41. The van der Waals surface area contributed by atoms with E-state index in [1.165, 1.54) is 32.7 Å². The predicted octanol–water partition coefficient (Wildman–Crippen LogP) is 4.80. The standard InChI is InChI=1S/C12H26OSi.C2H6.CH5N/c1-12(2,3)14(4,5)13-10-11-8-6-7-9-11;2*1-2/h11H,6-10H2,1-5H3;1-2H3;2H2,1H3. The third kappa shape index (κ3) is 7.55. The maximum absolute atomic E-state index is 6.22. The van der Waals surface area contributed by atoms with Gasteiger partial charge in [0.2, 0.25) is 0 Å². The maximum atomic E-state index is 6.22. The van der Waals surface area contributed by atoms with Gasteiger partial charge in [-0.2, -0.15) is 0 Å². The van der Waals surface area contributed by atoms with Crippen LogP contribution in [0.3, 0.4) is 0 Å². The second-order valence-electron chi connectivity index (χ2n) is 6.22. The molecule has 18 heavy (non-hydrogen) atoms. The van der Waals surface area contributed by atoms with Gasteiger partial charge in [-0.3, -0.25) is 0 Å². The van der Waals surface area contributed by atoms with Crippen molar-refractivity contribution in [1.82, 2.24) is 0 Å². The van der Waals surface area contributed by atoms with Gasteiger partial charge in [-0.05, 0) is 43.9 Å². The van der Waals surface area contributed by atoms with Gasteiger partial charge in [0.1, 0.15) is 0 Å². The molecule has 0 atom stereocenters. The van der Waals surface area contributed by atoms with E-state index in [2.05, 4.69) is 39.6 Å². The fraction of sp³-hybridized carbons (Fsp3) is 1.00. The highest BCUT2D eigenvalue weighted by molar-refractivity contribution is 6.74. The number of nitrogens with two attached hydrogens (primary N) is 1. The van der Waals surface area contributed by atoms with E-state index in [0.29, 0.717) is 5.04 Å². The molecule has 1 rings (SSSR count). The molecule has 0 bridgehead atoms. The molecule has 2 N–H and O–H groups in total. The first-order valence-electron chi connectivity index (χ1n) is 7.54. The molecular formula is C15H37NOSi. The van der Waals surface area contributed by atoms with E-state index < -0.39 is 8.32 Å². The summed E-state index contributed by atoms with van der Waals surface area (Å²) in [6.07, 6.45) is 5.64. The minimum absolute atomic E-state index is 0.367. The van der Waals surface area contributed by atoms with Gasteiger partial charge in [-0.25, -0.2) is 0 Å². The van der Waals surface area contributed by atoms with Gasteiger partial charge < -0.3 is 10.2 Å². The van der Waals surface area contributed by atoms with Crippen LogP contribution in [-0.4, -0.2) is 22.0 Å². The van der Waals surface area contributed by atoms with Gasteiger partial charge >= 0.3 is 0 Å². The van der Waals surface area contributed by atoms with Crippen LogP contribution in [0.1, 0.15) is 60.3 Å². The van der Waals surface area contributed by atoms with Crippen LogP contribution in [0.2, 0.25) is 18.1 Å². The summed E-state index contributed by atoms with van der Waals surface area (Å²) in [6, 6.07) is 0. The van der Waals surface area contributed by atoms with E-state index in [9.17, 15) is 0 Å². The molecule has 2 nitrogen and oxygen atoms in total. The Hall–Kier alpha value is 0.137. The highest BCUT2D eigenvalue weighted by Crippen LogP contribution is 2.37. The van der Waals surface area contributed by atoms with Gasteiger partial charge in [-0.1, -0.05) is 47.5 Å². The van der Waals surface area contributed by atoms with Crippen LogP contribution < -0.4 is 5.73 Å². The minimum Gasteiger partial charge on any atom is -0.417 e. The van der Waals surface area contributed by atoms with Crippen molar-refractivity contribution in [2.45, 2.75) is 78.4 Å². The van der Waals surface area contributed by atoms with Gasteiger partial charge in [0.25, 0.3) is 0 Å². The lowest BCUT2D eigenvalue weighted by Gasteiger charge is -2.37. The zero-order valence-corrected chi connectivity index (χ0v) is 15.1. The monoisotopic (exact) mass is 275 g/mol. The summed E-state index contributed by atoms with van der Waals surface area (Å²) in [5, 5.41) is 0.367. The van der Waals surface area contributed by atoms with E-state index in [4.69, 9.17) is 4.43 Å². The Kier molecular flexibility index (Phi) is 11.4. The van der Waals surface area contributed by atoms with Gasteiger partial charge in [0, 0.05) is 6.61 Å². The van der Waals surface area contributed by atoms with Crippen LogP contribution >= 0.6 is 0 Å². The van der Waals surface area contributed by atoms with Crippen LogP contribution in [-0.2, 0) is 4.43 Å². The fourth-order valence-electron chi connectivity index (χ4n) is 1.72. The SMILES string of the molecule is CC.CC(C)(C)[Si](C)(C)OCC1CCCC1.CN. The normalized spacial score (nSPS) is 16.5. The number of hydrogen-bond donors (Lipinski definition) is 1. The van der Waals surface area contributed by atoms with Gasteiger partial charge in [0.05, 0.1) is 0 Å². The zero-order chi connectivity index (χ0) is 14.8. The van der Waals surface area contributed by atoms with Crippen LogP contribution in [0.5, 0.6) is 0 Å². The summed E-state index contributed by atoms with van der Waals surface area (Å²) in [5.74, 6) is 0.865. The van der Waals surface area contributed by atoms with E-state index >= 15 is 0 Å². The molecule has 1 saturated carbocycles. The highest BCUT2D eigenvalue weighted by Gasteiger charge is 2.37. The summed E-state index contributed by atoms with van der Waals surface area (Å²) >= 11 is 0. The topological polar surface area (TPSA) is 35.2 Å². The molecule has 0 amide bonds. The zero-order valence-electron chi connectivity index (χ0n) is 14.1. The lowest BCUT2D eigenvalue weighted by molar-refractivity contribution is 0.230. The third-order valence-electron chi connectivity index (χ3n) is 3.96. The summed E-state index contributed by atoms with van der Waals surface area (Å²) in [6.45, 7) is 16.7. The van der Waals surface area contributed by atoms with Crippen molar-refractivity contribution in [2.75, 3.05) is 13.7 Å². The summed E-state index contributed by atoms with van der Waals surface area (Å²) in [7, 11) is 0.0276. The Bertz CT molecular complexity index is 181. The van der Waals surface area contributed by atoms with Crippen molar-refractivity contribution in [3.05, 3.63) is 0 Å². The molecule has 0 aromatic rings. The first-order valence-corrected chi connectivity index (χ1v) is 10.5. The molecule has 0 heterocycles. The smallest absolute Gasteiger partial charge is 0.191 e. The molecule has 0 aliphatic heterocycles.